The molecule has 0 saturated carbocycles. The molecule has 4 rings (SSSR count). The average Bonchev–Trinajstić information content (AvgIpc) is 3.02. The van der Waals surface area contributed by atoms with Gasteiger partial charge >= 0.3 is 0 Å². The lowest BCUT2D eigenvalue weighted by Crippen LogP contribution is -2.18. The Morgan fingerprint density at radius 3 is 3.00 bits per heavy atom. The maximum atomic E-state index is 6.09. The van der Waals surface area contributed by atoms with Crippen molar-refractivity contribution >= 4 is 11.0 Å². The predicted molar refractivity (Wildman–Crippen MR) is 82.7 cm³/mol. The van der Waals surface area contributed by atoms with Gasteiger partial charge in [0.25, 0.3) is 0 Å². The first-order chi connectivity index (χ1) is 10.2. The lowest BCUT2D eigenvalue weighted by Gasteiger charge is -2.09. The number of fused-ring (bicyclic) bond motifs is 2. The second-order valence-electron chi connectivity index (χ2n) is 5.71. The second kappa shape index (κ2) is 4.60. The summed E-state index contributed by atoms with van der Waals surface area (Å²) in [6, 6.07) is 8.40. The van der Waals surface area contributed by atoms with Crippen molar-refractivity contribution in [1.82, 2.24) is 9.97 Å². The van der Waals surface area contributed by atoms with Crippen molar-refractivity contribution in [3.63, 3.8) is 0 Å². The molecule has 0 saturated heterocycles. The summed E-state index contributed by atoms with van der Waals surface area (Å²) in [6.07, 6.45) is 5.61. The molecule has 1 aliphatic carbocycles. The standard InChI is InChI=1S/C17H17N3O/c1-10-9-20-17-16(10)15(4-5-19-17)21-14-3-2-11-6-13(18)7-12(11)8-14/h2-5,8-9,13H,6-7,18H2,1H3,(H,19,20). The fourth-order valence-electron chi connectivity index (χ4n) is 3.09. The molecule has 21 heavy (non-hydrogen) atoms. The molecule has 1 unspecified atom stereocenters. The van der Waals surface area contributed by atoms with E-state index < -0.39 is 0 Å². The van der Waals surface area contributed by atoms with E-state index >= 15 is 0 Å². The molecule has 0 radical (unpaired) electrons. The van der Waals surface area contributed by atoms with E-state index in [1.165, 1.54) is 11.1 Å². The van der Waals surface area contributed by atoms with E-state index in [2.05, 4.69) is 29.0 Å². The molecule has 0 bridgehead atoms. The number of nitrogens with one attached hydrogen (secondary N) is 1. The third-order valence-corrected chi connectivity index (χ3v) is 4.10. The molecule has 106 valence electrons. The predicted octanol–water partition coefficient (Wildman–Crippen LogP) is 3.09. The molecule has 4 nitrogen and oxygen atoms in total. The van der Waals surface area contributed by atoms with Gasteiger partial charge in [-0.25, -0.2) is 4.98 Å². The number of benzene rings is 1. The number of hydrogen-bond acceptors (Lipinski definition) is 3. The highest BCUT2D eigenvalue weighted by molar-refractivity contribution is 5.86. The zero-order valence-electron chi connectivity index (χ0n) is 11.9. The van der Waals surface area contributed by atoms with E-state index in [4.69, 9.17) is 10.5 Å². The summed E-state index contributed by atoms with van der Waals surface area (Å²) in [6.45, 7) is 2.05. The van der Waals surface area contributed by atoms with Crippen molar-refractivity contribution in [3.8, 4) is 11.5 Å². The molecule has 1 aromatic carbocycles. The first-order valence-corrected chi connectivity index (χ1v) is 7.18. The van der Waals surface area contributed by atoms with Crippen molar-refractivity contribution in [2.24, 2.45) is 5.73 Å². The molecule has 0 aliphatic heterocycles. The van der Waals surface area contributed by atoms with Crippen LogP contribution in [0.4, 0.5) is 0 Å². The van der Waals surface area contributed by atoms with E-state index in [9.17, 15) is 0 Å². The van der Waals surface area contributed by atoms with E-state index in [0.29, 0.717) is 0 Å². The van der Waals surface area contributed by atoms with Crippen LogP contribution in [-0.4, -0.2) is 16.0 Å². The molecular weight excluding hydrogens is 262 g/mol. The van der Waals surface area contributed by atoms with Gasteiger partial charge < -0.3 is 15.5 Å². The number of nitrogens with zero attached hydrogens (tertiary/aromatic N) is 1. The number of aromatic amines is 1. The van der Waals surface area contributed by atoms with Crippen LogP contribution < -0.4 is 10.5 Å². The summed E-state index contributed by atoms with van der Waals surface area (Å²) in [5.74, 6) is 1.69. The lowest BCUT2D eigenvalue weighted by molar-refractivity contribution is 0.487. The van der Waals surface area contributed by atoms with Crippen LogP contribution in [0.1, 0.15) is 16.7 Å². The SMILES string of the molecule is Cc1c[nH]c2nccc(Oc3ccc4c(c3)CC(N)C4)c12. The van der Waals surface area contributed by atoms with E-state index in [0.717, 1.165) is 40.9 Å². The summed E-state index contributed by atoms with van der Waals surface area (Å²) >= 11 is 0. The Morgan fingerprint density at radius 2 is 2.10 bits per heavy atom. The number of hydrogen-bond donors (Lipinski definition) is 2. The highest BCUT2D eigenvalue weighted by atomic mass is 16.5. The molecule has 3 aromatic rings. The molecule has 2 aromatic heterocycles. The Bertz CT molecular complexity index is 822. The minimum atomic E-state index is 0.245. The number of pyridine rings is 1. The lowest BCUT2D eigenvalue weighted by atomic mass is 10.1. The molecule has 0 spiro atoms. The van der Waals surface area contributed by atoms with Gasteiger partial charge in [-0.15, -0.1) is 0 Å². The zero-order chi connectivity index (χ0) is 14.4. The van der Waals surface area contributed by atoms with Crippen molar-refractivity contribution < 1.29 is 4.74 Å². The van der Waals surface area contributed by atoms with Gasteiger partial charge in [0.15, 0.2) is 0 Å². The van der Waals surface area contributed by atoms with Gasteiger partial charge in [-0.3, -0.25) is 0 Å². The topological polar surface area (TPSA) is 63.9 Å². The molecule has 1 atom stereocenters. The molecule has 1 aliphatic rings. The maximum absolute atomic E-state index is 6.09. The van der Waals surface area contributed by atoms with Gasteiger partial charge in [0.05, 0.1) is 5.39 Å². The van der Waals surface area contributed by atoms with Crippen LogP contribution in [0.25, 0.3) is 11.0 Å². The van der Waals surface area contributed by atoms with E-state index in [-0.39, 0.29) is 6.04 Å². The Morgan fingerprint density at radius 1 is 1.24 bits per heavy atom. The van der Waals surface area contributed by atoms with Gasteiger partial charge in [0, 0.05) is 18.4 Å². The Balaban J connectivity index is 1.72. The van der Waals surface area contributed by atoms with Gasteiger partial charge in [-0.05, 0) is 54.7 Å². The fraction of sp³-hybridized carbons (Fsp3) is 0.235. The van der Waals surface area contributed by atoms with Crippen LogP contribution in [0.3, 0.4) is 0 Å². The summed E-state index contributed by atoms with van der Waals surface area (Å²) in [5.41, 5.74) is 10.6. The maximum Gasteiger partial charge on any atom is 0.141 e. The second-order valence-corrected chi connectivity index (χ2v) is 5.71. The monoisotopic (exact) mass is 279 g/mol. The van der Waals surface area contributed by atoms with E-state index in [1.807, 2.05) is 18.3 Å². The van der Waals surface area contributed by atoms with Crippen LogP contribution in [0.2, 0.25) is 0 Å². The van der Waals surface area contributed by atoms with Gasteiger partial charge in [-0.1, -0.05) is 6.07 Å². The fourth-order valence-corrected chi connectivity index (χ4v) is 3.09. The van der Waals surface area contributed by atoms with Crippen molar-refractivity contribution in [2.75, 3.05) is 0 Å². The van der Waals surface area contributed by atoms with Crippen LogP contribution in [0, 0.1) is 6.92 Å². The number of aryl methyl sites for hydroxylation is 1. The third-order valence-electron chi connectivity index (χ3n) is 4.10. The molecule has 4 heteroatoms. The molecular formula is C17H17N3O. The normalized spacial score (nSPS) is 17.1. The highest BCUT2D eigenvalue weighted by Gasteiger charge is 2.18. The Kier molecular flexibility index (Phi) is 2.72. The van der Waals surface area contributed by atoms with Gasteiger partial charge in [0.2, 0.25) is 0 Å². The largest absolute Gasteiger partial charge is 0.457 e. The smallest absolute Gasteiger partial charge is 0.141 e. The zero-order valence-corrected chi connectivity index (χ0v) is 11.9. The Hall–Kier alpha value is -2.33. The number of nitrogens with two attached hydrogens (primary N) is 1. The number of aromatic nitrogens is 2. The van der Waals surface area contributed by atoms with Crippen molar-refractivity contribution in [3.05, 3.63) is 53.3 Å². The molecule has 3 N–H and O–H groups in total. The summed E-state index contributed by atoms with van der Waals surface area (Å²) in [7, 11) is 0. The van der Waals surface area contributed by atoms with Crippen LogP contribution in [0.5, 0.6) is 11.5 Å². The van der Waals surface area contributed by atoms with Gasteiger partial charge in [-0.2, -0.15) is 0 Å². The van der Waals surface area contributed by atoms with Crippen molar-refractivity contribution in [1.29, 1.82) is 0 Å². The average molecular weight is 279 g/mol. The minimum Gasteiger partial charge on any atom is -0.457 e. The summed E-state index contributed by atoms with van der Waals surface area (Å²) < 4.78 is 6.09. The molecule has 0 fully saturated rings. The van der Waals surface area contributed by atoms with E-state index in [1.54, 1.807) is 6.20 Å². The van der Waals surface area contributed by atoms with Gasteiger partial charge in [0.1, 0.15) is 17.1 Å². The van der Waals surface area contributed by atoms with Crippen LogP contribution in [-0.2, 0) is 12.8 Å². The highest BCUT2D eigenvalue weighted by Crippen LogP contribution is 2.33. The van der Waals surface area contributed by atoms with Crippen LogP contribution in [0.15, 0.2) is 36.7 Å². The third kappa shape index (κ3) is 2.08. The first kappa shape index (κ1) is 12.4. The van der Waals surface area contributed by atoms with Crippen LogP contribution >= 0.6 is 0 Å². The number of rotatable bonds is 2. The number of H-pyrrole nitrogens is 1. The van der Waals surface area contributed by atoms with Crippen molar-refractivity contribution in [2.45, 2.75) is 25.8 Å². The summed E-state index contributed by atoms with van der Waals surface area (Å²) in [4.78, 5) is 7.47. The molecule has 2 heterocycles. The Labute approximate surface area is 123 Å². The summed E-state index contributed by atoms with van der Waals surface area (Å²) in [5, 5.41) is 1.04. The first-order valence-electron chi connectivity index (χ1n) is 7.18. The quantitative estimate of drug-likeness (QED) is 0.757. The minimum absolute atomic E-state index is 0.245. The number of ether oxygens (including phenoxy) is 1. The molecule has 0 amide bonds.